The minimum Gasteiger partial charge on any atom is -0.326 e. The SMILES string of the molecule is CCc1cccc(C)c1NC(=O)CCSc1nc(C)cc(C)n1. The minimum absolute atomic E-state index is 0.0332. The first-order chi connectivity index (χ1) is 11.0. The number of hydrogen-bond acceptors (Lipinski definition) is 4. The van der Waals surface area contributed by atoms with Gasteiger partial charge in [-0.05, 0) is 44.4 Å². The Balaban J connectivity index is 1.91. The average Bonchev–Trinajstić information content (AvgIpc) is 2.48. The molecule has 0 aliphatic heterocycles. The number of benzene rings is 1. The van der Waals surface area contributed by atoms with Gasteiger partial charge in [-0.25, -0.2) is 9.97 Å². The van der Waals surface area contributed by atoms with Gasteiger partial charge in [0.25, 0.3) is 0 Å². The smallest absolute Gasteiger partial charge is 0.225 e. The van der Waals surface area contributed by atoms with Crippen LogP contribution in [0.25, 0.3) is 0 Å². The van der Waals surface area contributed by atoms with Crippen LogP contribution in [0.15, 0.2) is 29.4 Å². The fraction of sp³-hybridized carbons (Fsp3) is 0.389. The molecule has 122 valence electrons. The molecule has 2 rings (SSSR count). The Hall–Kier alpha value is -1.88. The fourth-order valence-electron chi connectivity index (χ4n) is 2.40. The first kappa shape index (κ1) is 17.5. The van der Waals surface area contributed by atoms with E-state index in [1.165, 1.54) is 17.3 Å². The Morgan fingerprint density at radius 2 is 1.87 bits per heavy atom. The van der Waals surface area contributed by atoms with Crippen molar-refractivity contribution in [3.05, 3.63) is 46.8 Å². The number of para-hydroxylation sites is 1. The molecular weight excluding hydrogens is 306 g/mol. The molecule has 0 saturated carbocycles. The van der Waals surface area contributed by atoms with Gasteiger partial charge in [0, 0.05) is 29.2 Å². The van der Waals surface area contributed by atoms with Crippen LogP contribution in [0.4, 0.5) is 5.69 Å². The zero-order valence-electron chi connectivity index (χ0n) is 14.1. The monoisotopic (exact) mass is 329 g/mol. The van der Waals surface area contributed by atoms with Gasteiger partial charge in [-0.15, -0.1) is 0 Å². The van der Waals surface area contributed by atoms with E-state index >= 15 is 0 Å². The van der Waals surface area contributed by atoms with E-state index in [0.717, 1.165) is 34.2 Å². The summed E-state index contributed by atoms with van der Waals surface area (Å²) in [4.78, 5) is 20.9. The van der Waals surface area contributed by atoms with Gasteiger partial charge in [-0.1, -0.05) is 36.9 Å². The molecular formula is C18H23N3OS. The molecule has 0 aliphatic carbocycles. The summed E-state index contributed by atoms with van der Waals surface area (Å²) >= 11 is 1.52. The van der Waals surface area contributed by atoms with Crippen LogP contribution in [0.5, 0.6) is 0 Å². The highest BCUT2D eigenvalue weighted by Crippen LogP contribution is 2.22. The summed E-state index contributed by atoms with van der Waals surface area (Å²) in [7, 11) is 0. The van der Waals surface area contributed by atoms with Gasteiger partial charge in [0.1, 0.15) is 0 Å². The Bertz CT molecular complexity index is 680. The lowest BCUT2D eigenvalue weighted by molar-refractivity contribution is -0.115. The molecule has 23 heavy (non-hydrogen) atoms. The van der Waals surface area contributed by atoms with Crippen molar-refractivity contribution in [2.75, 3.05) is 11.1 Å². The standard InChI is InChI=1S/C18H23N3OS/c1-5-15-8-6-7-12(2)17(15)21-16(22)9-10-23-18-19-13(3)11-14(4)20-18/h6-8,11H,5,9-10H2,1-4H3,(H,21,22). The van der Waals surface area contributed by atoms with Crippen molar-refractivity contribution in [2.24, 2.45) is 0 Å². The molecule has 1 amide bonds. The summed E-state index contributed by atoms with van der Waals surface area (Å²) in [6.07, 6.45) is 1.35. The van der Waals surface area contributed by atoms with Crippen LogP contribution in [0.3, 0.4) is 0 Å². The number of amides is 1. The first-order valence-electron chi connectivity index (χ1n) is 7.83. The summed E-state index contributed by atoms with van der Waals surface area (Å²) in [5, 5.41) is 3.78. The Morgan fingerprint density at radius 3 is 2.52 bits per heavy atom. The van der Waals surface area contributed by atoms with Gasteiger partial charge >= 0.3 is 0 Å². The highest BCUT2D eigenvalue weighted by molar-refractivity contribution is 7.99. The van der Waals surface area contributed by atoms with E-state index < -0.39 is 0 Å². The van der Waals surface area contributed by atoms with Crippen LogP contribution in [0, 0.1) is 20.8 Å². The number of nitrogens with zero attached hydrogens (tertiary/aromatic N) is 2. The molecule has 0 atom stereocenters. The van der Waals surface area contributed by atoms with Gasteiger partial charge in [0.2, 0.25) is 5.91 Å². The van der Waals surface area contributed by atoms with Gasteiger partial charge < -0.3 is 5.32 Å². The molecule has 0 unspecified atom stereocenters. The molecule has 1 N–H and O–H groups in total. The lowest BCUT2D eigenvalue weighted by Crippen LogP contribution is -2.14. The van der Waals surface area contributed by atoms with Gasteiger partial charge in [-0.3, -0.25) is 4.79 Å². The van der Waals surface area contributed by atoms with E-state index in [0.29, 0.717) is 12.2 Å². The largest absolute Gasteiger partial charge is 0.326 e. The maximum atomic E-state index is 12.2. The Kier molecular flexibility index (Phi) is 6.16. The molecule has 0 fully saturated rings. The minimum atomic E-state index is 0.0332. The molecule has 1 heterocycles. The summed E-state index contributed by atoms with van der Waals surface area (Å²) < 4.78 is 0. The lowest BCUT2D eigenvalue weighted by Gasteiger charge is -2.12. The van der Waals surface area contributed by atoms with Gasteiger partial charge in [0.15, 0.2) is 5.16 Å². The molecule has 0 saturated heterocycles. The second-order valence-corrected chi connectivity index (χ2v) is 6.60. The quantitative estimate of drug-likeness (QED) is 0.641. The van der Waals surface area contributed by atoms with Crippen molar-refractivity contribution in [3.8, 4) is 0 Å². The van der Waals surface area contributed by atoms with Crippen LogP contribution in [0.1, 0.15) is 35.9 Å². The van der Waals surface area contributed by atoms with Crippen molar-refractivity contribution in [1.82, 2.24) is 9.97 Å². The van der Waals surface area contributed by atoms with Gasteiger partial charge in [0.05, 0.1) is 0 Å². The summed E-state index contributed by atoms with van der Waals surface area (Å²) in [6, 6.07) is 8.05. The molecule has 0 bridgehead atoms. The third-order valence-corrected chi connectivity index (χ3v) is 4.38. The summed E-state index contributed by atoms with van der Waals surface area (Å²) in [5.41, 5.74) is 5.13. The van der Waals surface area contributed by atoms with E-state index in [4.69, 9.17) is 0 Å². The molecule has 0 aliphatic rings. The number of carbonyl (C=O) groups excluding carboxylic acids is 1. The first-order valence-corrected chi connectivity index (χ1v) is 8.81. The number of anilines is 1. The van der Waals surface area contributed by atoms with Crippen LogP contribution in [-0.2, 0) is 11.2 Å². The van der Waals surface area contributed by atoms with Crippen molar-refractivity contribution < 1.29 is 4.79 Å². The summed E-state index contributed by atoms with van der Waals surface area (Å²) in [6.45, 7) is 8.02. The Labute approximate surface area is 142 Å². The lowest BCUT2D eigenvalue weighted by atomic mass is 10.1. The predicted molar refractivity (Wildman–Crippen MR) is 96.0 cm³/mol. The van der Waals surface area contributed by atoms with E-state index in [2.05, 4.69) is 28.3 Å². The predicted octanol–water partition coefficient (Wildman–Crippen LogP) is 4.09. The van der Waals surface area contributed by atoms with E-state index in [1.807, 2.05) is 39.0 Å². The highest BCUT2D eigenvalue weighted by Gasteiger charge is 2.09. The number of thioether (sulfide) groups is 1. The summed E-state index contributed by atoms with van der Waals surface area (Å²) in [5.74, 6) is 0.702. The van der Waals surface area contributed by atoms with Crippen molar-refractivity contribution in [3.63, 3.8) is 0 Å². The third-order valence-electron chi connectivity index (χ3n) is 3.53. The van der Waals surface area contributed by atoms with E-state index in [-0.39, 0.29) is 5.91 Å². The van der Waals surface area contributed by atoms with Crippen molar-refractivity contribution in [2.45, 2.75) is 45.7 Å². The number of rotatable bonds is 6. The van der Waals surface area contributed by atoms with Crippen LogP contribution in [-0.4, -0.2) is 21.6 Å². The van der Waals surface area contributed by atoms with Crippen LogP contribution in [0.2, 0.25) is 0 Å². The molecule has 1 aromatic carbocycles. The van der Waals surface area contributed by atoms with Crippen molar-refractivity contribution >= 4 is 23.4 Å². The number of carbonyl (C=O) groups is 1. The topological polar surface area (TPSA) is 54.9 Å². The van der Waals surface area contributed by atoms with E-state index in [9.17, 15) is 4.79 Å². The van der Waals surface area contributed by atoms with Gasteiger partial charge in [-0.2, -0.15) is 0 Å². The van der Waals surface area contributed by atoms with Crippen LogP contribution < -0.4 is 5.32 Å². The highest BCUT2D eigenvalue weighted by atomic mass is 32.2. The number of aryl methyl sites for hydroxylation is 4. The second kappa shape index (κ2) is 8.11. The molecule has 4 nitrogen and oxygen atoms in total. The fourth-order valence-corrected chi connectivity index (χ4v) is 3.28. The zero-order chi connectivity index (χ0) is 16.8. The molecule has 5 heteroatoms. The van der Waals surface area contributed by atoms with E-state index in [1.54, 1.807) is 0 Å². The normalized spacial score (nSPS) is 10.6. The molecule has 2 aromatic rings. The zero-order valence-corrected chi connectivity index (χ0v) is 15.0. The van der Waals surface area contributed by atoms with Crippen LogP contribution >= 0.6 is 11.8 Å². The van der Waals surface area contributed by atoms with Crippen molar-refractivity contribution in [1.29, 1.82) is 0 Å². The molecule has 0 radical (unpaired) electrons. The number of hydrogen-bond donors (Lipinski definition) is 1. The molecule has 1 aromatic heterocycles. The maximum Gasteiger partial charge on any atom is 0.225 e. The second-order valence-electron chi connectivity index (χ2n) is 5.54. The average molecular weight is 329 g/mol. The molecule has 0 spiro atoms. The third kappa shape index (κ3) is 5.06. The maximum absolute atomic E-state index is 12.2. The number of nitrogens with one attached hydrogen (secondary N) is 1. The number of aromatic nitrogens is 2. The Morgan fingerprint density at radius 1 is 1.17 bits per heavy atom.